The third-order valence-corrected chi connectivity index (χ3v) is 4.25. The molecule has 2 nitrogen and oxygen atoms in total. The van der Waals surface area contributed by atoms with Gasteiger partial charge in [-0.3, -0.25) is 0 Å². The average molecular weight is 342 g/mol. The Morgan fingerprint density at radius 2 is 1.88 bits per heavy atom. The van der Waals surface area contributed by atoms with Crippen LogP contribution in [0.15, 0.2) is 24.3 Å². The molecule has 0 unspecified atom stereocenters. The van der Waals surface area contributed by atoms with Gasteiger partial charge >= 0.3 is 0 Å². The van der Waals surface area contributed by atoms with Crippen LogP contribution >= 0.6 is 22.6 Å². The molecule has 1 aromatic heterocycles. The lowest BCUT2D eigenvalue weighted by Crippen LogP contribution is -2.25. The van der Waals surface area contributed by atoms with Gasteiger partial charge in [0.15, 0.2) is 0 Å². The van der Waals surface area contributed by atoms with Gasteiger partial charge in [-0.25, -0.2) is 0 Å². The Kier molecular flexibility index (Phi) is 4.45. The van der Waals surface area contributed by atoms with Gasteiger partial charge in [-0.1, -0.05) is 32.0 Å². The lowest BCUT2D eigenvalue weighted by Gasteiger charge is -2.17. The molecule has 0 spiro atoms. The van der Waals surface area contributed by atoms with E-state index in [0.717, 1.165) is 26.1 Å². The Balaban J connectivity index is 2.20. The van der Waals surface area contributed by atoms with E-state index >= 15 is 0 Å². The number of fused-ring (bicyclic) bond motifs is 1. The highest BCUT2D eigenvalue weighted by molar-refractivity contribution is 14.1. The summed E-state index contributed by atoms with van der Waals surface area (Å²) in [6.07, 6.45) is 1.13. The van der Waals surface area contributed by atoms with E-state index in [0.29, 0.717) is 0 Å². The molecule has 17 heavy (non-hydrogen) atoms. The highest BCUT2D eigenvalue weighted by atomic mass is 127. The van der Waals surface area contributed by atoms with Crippen LogP contribution in [-0.4, -0.2) is 29.5 Å². The molecule has 0 atom stereocenters. The van der Waals surface area contributed by atoms with E-state index in [-0.39, 0.29) is 0 Å². The zero-order valence-corrected chi connectivity index (χ0v) is 12.6. The topological polar surface area (TPSA) is 19.0 Å². The Morgan fingerprint density at radius 1 is 1.18 bits per heavy atom. The molecule has 0 amide bonds. The second-order valence-electron chi connectivity index (χ2n) is 4.24. The summed E-state index contributed by atoms with van der Waals surface area (Å²) >= 11 is 2.41. The molecule has 0 saturated carbocycles. The van der Waals surface area contributed by atoms with Gasteiger partial charge in [0.1, 0.15) is 0 Å². The Labute approximate surface area is 117 Å². The maximum atomic E-state index is 3.45. The van der Waals surface area contributed by atoms with Gasteiger partial charge in [0.2, 0.25) is 0 Å². The van der Waals surface area contributed by atoms with Gasteiger partial charge in [0, 0.05) is 17.4 Å². The summed E-state index contributed by atoms with van der Waals surface area (Å²) in [5.41, 5.74) is 2.72. The smallest absolute Gasteiger partial charge is 0.0815 e. The minimum atomic E-state index is 1.13. The van der Waals surface area contributed by atoms with Crippen molar-refractivity contribution in [3.05, 3.63) is 33.5 Å². The van der Waals surface area contributed by atoms with Crippen molar-refractivity contribution in [2.45, 2.75) is 20.3 Å². The fraction of sp³-hybridized carbons (Fsp3) is 0.429. The van der Waals surface area contributed by atoms with Crippen LogP contribution in [0.2, 0.25) is 0 Å². The second-order valence-corrected chi connectivity index (χ2v) is 5.32. The standard InChI is InChI=1S/C14H19IN2/c1-3-17(4-2)10-9-12-11-7-5-6-8-13(11)16-14(12)15/h5-8,16H,3-4,9-10H2,1-2H3. The first-order valence-corrected chi connectivity index (χ1v) is 7.31. The summed E-state index contributed by atoms with van der Waals surface area (Å²) in [7, 11) is 0. The molecule has 0 fully saturated rings. The van der Waals surface area contributed by atoms with Crippen molar-refractivity contribution in [3.63, 3.8) is 0 Å². The number of likely N-dealkylation sites (N-methyl/N-ethyl adjacent to an activating group) is 1. The SMILES string of the molecule is CCN(CC)CCc1c(I)[nH]c2ccccc12. The second kappa shape index (κ2) is 5.87. The third kappa shape index (κ3) is 2.83. The van der Waals surface area contributed by atoms with Gasteiger partial charge in [0.25, 0.3) is 0 Å². The normalized spacial score (nSPS) is 11.5. The number of nitrogens with zero attached hydrogens (tertiary/aromatic N) is 1. The molecule has 1 N–H and O–H groups in total. The predicted octanol–water partition coefficient (Wildman–Crippen LogP) is 3.66. The van der Waals surface area contributed by atoms with E-state index in [1.54, 1.807) is 0 Å². The van der Waals surface area contributed by atoms with Crippen molar-refractivity contribution < 1.29 is 0 Å². The van der Waals surface area contributed by atoms with E-state index in [1.807, 2.05) is 0 Å². The number of hydrogen-bond acceptors (Lipinski definition) is 1. The van der Waals surface area contributed by atoms with Gasteiger partial charge in [0.05, 0.1) is 3.70 Å². The number of para-hydroxylation sites is 1. The van der Waals surface area contributed by atoms with Crippen molar-refractivity contribution in [2.24, 2.45) is 0 Å². The minimum Gasteiger partial charge on any atom is -0.350 e. The van der Waals surface area contributed by atoms with Gasteiger partial charge < -0.3 is 9.88 Å². The molecule has 2 rings (SSSR count). The summed E-state index contributed by atoms with van der Waals surface area (Å²) in [5, 5.41) is 1.38. The zero-order chi connectivity index (χ0) is 12.3. The molecular weight excluding hydrogens is 323 g/mol. The van der Waals surface area contributed by atoms with Crippen LogP contribution in [0.4, 0.5) is 0 Å². The molecule has 3 heteroatoms. The molecule has 0 aliphatic heterocycles. The van der Waals surface area contributed by atoms with Crippen molar-refractivity contribution >= 4 is 33.5 Å². The summed E-state index contributed by atoms with van der Waals surface area (Å²) in [5.74, 6) is 0. The van der Waals surface area contributed by atoms with E-state index in [4.69, 9.17) is 0 Å². The molecule has 0 bridgehead atoms. The monoisotopic (exact) mass is 342 g/mol. The number of rotatable bonds is 5. The molecule has 92 valence electrons. The van der Waals surface area contributed by atoms with Crippen molar-refractivity contribution in [2.75, 3.05) is 19.6 Å². The summed E-state index contributed by atoms with van der Waals surface area (Å²) < 4.78 is 1.29. The molecule has 0 aliphatic rings. The highest BCUT2D eigenvalue weighted by Crippen LogP contribution is 2.24. The number of aromatic nitrogens is 1. The van der Waals surface area contributed by atoms with Crippen LogP contribution < -0.4 is 0 Å². The van der Waals surface area contributed by atoms with Crippen LogP contribution in [0, 0.1) is 3.70 Å². The largest absolute Gasteiger partial charge is 0.350 e. The summed E-state index contributed by atoms with van der Waals surface area (Å²) in [6, 6.07) is 8.57. The third-order valence-electron chi connectivity index (χ3n) is 3.33. The number of halogens is 1. The van der Waals surface area contributed by atoms with E-state index in [9.17, 15) is 0 Å². The Morgan fingerprint density at radius 3 is 2.59 bits per heavy atom. The minimum absolute atomic E-state index is 1.13. The molecule has 1 aromatic carbocycles. The van der Waals surface area contributed by atoms with Gasteiger partial charge in [-0.2, -0.15) is 0 Å². The lowest BCUT2D eigenvalue weighted by atomic mass is 10.1. The first kappa shape index (κ1) is 12.9. The Hall–Kier alpha value is -0.550. The van der Waals surface area contributed by atoms with Crippen LogP contribution in [0.5, 0.6) is 0 Å². The van der Waals surface area contributed by atoms with Crippen LogP contribution in [-0.2, 0) is 6.42 Å². The number of aromatic amines is 1. The number of nitrogens with one attached hydrogen (secondary N) is 1. The number of hydrogen-bond donors (Lipinski definition) is 1. The first-order valence-electron chi connectivity index (χ1n) is 6.23. The van der Waals surface area contributed by atoms with Crippen molar-refractivity contribution in [1.82, 2.24) is 9.88 Å². The Bertz CT molecular complexity index is 486. The fourth-order valence-electron chi connectivity index (χ4n) is 2.22. The average Bonchev–Trinajstić information content (AvgIpc) is 2.67. The molecular formula is C14H19IN2. The number of benzene rings is 1. The summed E-state index contributed by atoms with van der Waals surface area (Å²) in [4.78, 5) is 5.93. The van der Waals surface area contributed by atoms with E-state index < -0.39 is 0 Å². The van der Waals surface area contributed by atoms with Gasteiger partial charge in [-0.05, 0) is 53.7 Å². The quantitative estimate of drug-likeness (QED) is 0.822. The molecule has 2 aromatic rings. The molecule has 0 saturated heterocycles. The lowest BCUT2D eigenvalue weighted by molar-refractivity contribution is 0.308. The van der Waals surface area contributed by atoms with Crippen LogP contribution in [0.1, 0.15) is 19.4 Å². The first-order chi connectivity index (χ1) is 8.26. The highest BCUT2D eigenvalue weighted by Gasteiger charge is 2.09. The van der Waals surface area contributed by atoms with E-state index in [2.05, 4.69) is 70.6 Å². The fourth-order valence-corrected chi connectivity index (χ4v) is 3.07. The number of H-pyrrole nitrogens is 1. The van der Waals surface area contributed by atoms with Crippen molar-refractivity contribution in [1.29, 1.82) is 0 Å². The van der Waals surface area contributed by atoms with E-state index in [1.165, 1.54) is 20.2 Å². The molecule has 1 heterocycles. The van der Waals surface area contributed by atoms with Gasteiger partial charge in [-0.15, -0.1) is 0 Å². The van der Waals surface area contributed by atoms with Crippen LogP contribution in [0.25, 0.3) is 10.9 Å². The zero-order valence-electron chi connectivity index (χ0n) is 10.5. The maximum Gasteiger partial charge on any atom is 0.0815 e. The molecule has 0 radical (unpaired) electrons. The van der Waals surface area contributed by atoms with Crippen LogP contribution in [0.3, 0.4) is 0 Å². The maximum absolute atomic E-state index is 3.45. The predicted molar refractivity (Wildman–Crippen MR) is 82.5 cm³/mol. The van der Waals surface area contributed by atoms with Crippen molar-refractivity contribution in [3.8, 4) is 0 Å². The summed E-state index contributed by atoms with van der Waals surface area (Å²) in [6.45, 7) is 7.86. The molecule has 0 aliphatic carbocycles.